The lowest BCUT2D eigenvalue weighted by atomic mass is 9.82. The Kier molecular flexibility index (Phi) is 6.13. The Bertz CT molecular complexity index is 701. The molecule has 0 heterocycles. The lowest BCUT2D eigenvalue weighted by Gasteiger charge is -2.21. The third kappa shape index (κ3) is 2.97. The van der Waals surface area contributed by atoms with Crippen molar-refractivity contribution in [2.24, 2.45) is 22.7 Å². The molecule has 2 rings (SSSR count). The van der Waals surface area contributed by atoms with Crippen LogP contribution in [0.2, 0.25) is 0 Å². The van der Waals surface area contributed by atoms with Crippen molar-refractivity contribution in [3.05, 3.63) is 35.4 Å². The van der Waals surface area contributed by atoms with E-state index >= 15 is 0 Å². The summed E-state index contributed by atoms with van der Waals surface area (Å²) < 4.78 is 10.6. The molecule has 0 amide bonds. The molecule has 1 saturated carbocycles. The van der Waals surface area contributed by atoms with Crippen LogP contribution in [0.15, 0.2) is 24.3 Å². The second-order valence-electron chi connectivity index (χ2n) is 7.49. The molecule has 0 bridgehead atoms. The highest BCUT2D eigenvalue weighted by molar-refractivity contribution is 6.17. The minimum absolute atomic E-state index is 0.0619. The van der Waals surface area contributed by atoms with Gasteiger partial charge in [0.1, 0.15) is 0 Å². The summed E-state index contributed by atoms with van der Waals surface area (Å²) in [6.07, 6.45) is 0.361. The molecule has 5 heteroatoms. The van der Waals surface area contributed by atoms with E-state index < -0.39 is 28.7 Å². The first-order valence-electron chi connectivity index (χ1n) is 9.71. The van der Waals surface area contributed by atoms with E-state index in [1.54, 1.807) is 26.0 Å². The van der Waals surface area contributed by atoms with Gasteiger partial charge in [0.15, 0.2) is 11.2 Å². The number of carbonyl (C=O) groups is 3. The molecule has 27 heavy (non-hydrogen) atoms. The number of hydrogen-bond acceptors (Lipinski definition) is 5. The van der Waals surface area contributed by atoms with Gasteiger partial charge in [-0.05, 0) is 33.1 Å². The second-order valence-corrected chi connectivity index (χ2v) is 7.49. The maximum Gasteiger partial charge on any atom is 0.324 e. The first-order valence-corrected chi connectivity index (χ1v) is 9.71. The van der Waals surface area contributed by atoms with E-state index in [1.807, 2.05) is 39.8 Å². The molecule has 1 aliphatic carbocycles. The largest absolute Gasteiger partial charge is 0.465 e. The number of Topliss-reactive ketones (excluding diaryl/α,β-unsaturated/α-hetero) is 1. The van der Waals surface area contributed by atoms with Crippen molar-refractivity contribution in [1.29, 1.82) is 0 Å². The summed E-state index contributed by atoms with van der Waals surface area (Å²) in [5, 5.41) is 0. The molecule has 0 radical (unpaired) electrons. The summed E-state index contributed by atoms with van der Waals surface area (Å²) in [7, 11) is 0. The number of hydrogen-bond donors (Lipinski definition) is 0. The quantitative estimate of drug-likeness (QED) is 0.391. The molecule has 1 aliphatic rings. The van der Waals surface area contributed by atoms with Crippen LogP contribution < -0.4 is 0 Å². The van der Waals surface area contributed by atoms with Gasteiger partial charge in [0.25, 0.3) is 0 Å². The van der Waals surface area contributed by atoms with Gasteiger partial charge in [-0.25, -0.2) is 0 Å². The van der Waals surface area contributed by atoms with Gasteiger partial charge >= 0.3 is 11.9 Å². The van der Waals surface area contributed by atoms with Gasteiger partial charge in [-0.1, -0.05) is 50.6 Å². The molecule has 0 saturated heterocycles. The summed E-state index contributed by atoms with van der Waals surface area (Å²) in [5.41, 5.74) is -1.18. The van der Waals surface area contributed by atoms with Crippen molar-refractivity contribution in [2.45, 2.75) is 48.0 Å². The Balaban J connectivity index is 2.65. The molecule has 0 unspecified atom stereocenters. The van der Waals surface area contributed by atoms with Crippen LogP contribution in [0.3, 0.4) is 0 Å². The lowest BCUT2D eigenvalue weighted by Crippen LogP contribution is -2.38. The van der Waals surface area contributed by atoms with E-state index in [4.69, 9.17) is 9.47 Å². The van der Waals surface area contributed by atoms with Crippen LogP contribution in [0, 0.1) is 29.6 Å². The molecule has 2 atom stereocenters. The van der Waals surface area contributed by atoms with E-state index in [0.29, 0.717) is 12.0 Å². The molecule has 0 aromatic heterocycles. The van der Waals surface area contributed by atoms with Gasteiger partial charge in [0, 0.05) is 11.5 Å². The standard InChI is InChI=1S/C22H30O5/c1-7-21(18(23)16-12-10-15(6)11-13-16)17(14(4)5)22(21,19(24)26-8-2)20(25)27-9-3/h10-14,17H,7-9H2,1-6H3/t17-,21+/m1/s1. The smallest absolute Gasteiger partial charge is 0.324 e. The summed E-state index contributed by atoms with van der Waals surface area (Å²) in [5.74, 6) is -2.01. The number of rotatable bonds is 8. The molecule has 0 spiro atoms. The van der Waals surface area contributed by atoms with Gasteiger partial charge in [-0.15, -0.1) is 0 Å². The first kappa shape index (κ1) is 21.1. The highest BCUT2D eigenvalue weighted by atomic mass is 16.6. The Labute approximate surface area is 161 Å². The van der Waals surface area contributed by atoms with E-state index in [1.165, 1.54) is 0 Å². The first-order chi connectivity index (χ1) is 12.7. The zero-order valence-corrected chi connectivity index (χ0v) is 17.1. The number of ether oxygens (including phenoxy) is 2. The van der Waals surface area contributed by atoms with Gasteiger partial charge in [0.2, 0.25) is 0 Å². The van der Waals surface area contributed by atoms with Crippen LogP contribution in [-0.4, -0.2) is 30.9 Å². The molecular weight excluding hydrogens is 344 g/mol. The van der Waals surface area contributed by atoms with Crippen molar-refractivity contribution < 1.29 is 23.9 Å². The van der Waals surface area contributed by atoms with Crippen LogP contribution in [-0.2, 0) is 19.1 Å². The van der Waals surface area contributed by atoms with E-state index in [0.717, 1.165) is 5.56 Å². The molecule has 1 aromatic rings. The molecular formula is C22H30O5. The lowest BCUT2D eigenvalue weighted by molar-refractivity contribution is -0.167. The fraction of sp³-hybridized carbons (Fsp3) is 0.591. The zero-order chi connectivity index (χ0) is 20.4. The van der Waals surface area contributed by atoms with Crippen molar-refractivity contribution in [3.8, 4) is 0 Å². The van der Waals surface area contributed by atoms with Crippen molar-refractivity contribution >= 4 is 17.7 Å². The predicted octanol–water partition coefficient (Wildman–Crippen LogP) is 3.97. The van der Waals surface area contributed by atoms with E-state index in [-0.39, 0.29) is 24.9 Å². The molecule has 0 N–H and O–H groups in total. The average molecular weight is 374 g/mol. The topological polar surface area (TPSA) is 69.7 Å². The Morgan fingerprint density at radius 1 is 0.963 bits per heavy atom. The Morgan fingerprint density at radius 2 is 1.44 bits per heavy atom. The Hall–Kier alpha value is -2.17. The number of ketones is 1. The molecule has 0 aliphatic heterocycles. The summed E-state index contributed by atoms with van der Waals surface area (Å²) in [4.78, 5) is 39.7. The van der Waals surface area contributed by atoms with Crippen LogP contribution in [0.1, 0.15) is 57.0 Å². The van der Waals surface area contributed by atoms with Crippen LogP contribution in [0.25, 0.3) is 0 Å². The monoisotopic (exact) mass is 374 g/mol. The second kappa shape index (κ2) is 7.83. The summed E-state index contributed by atoms with van der Waals surface area (Å²) in [6.45, 7) is 11.3. The third-order valence-corrected chi connectivity index (χ3v) is 5.76. The summed E-state index contributed by atoms with van der Waals surface area (Å²) in [6, 6.07) is 7.23. The van der Waals surface area contributed by atoms with Gasteiger partial charge in [-0.2, -0.15) is 0 Å². The molecule has 148 valence electrons. The number of benzene rings is 1. The average Bonchev–Trinajstić information content (AvgIpc) is 3.28. The SMILES string of the molecule is CCOC(=O)C1(C(=O)OCC)[C@H](C(C)C)[C@@]1(CC)C(=O)c1ccc(C)cc1. The van der Waals surface area contributed by atoms with Gasteiger partial charge in [0.05, 0.1) is 18.6 Å². The minimum Gasteiger partial charge on any atom is -0.465 e. The van der Waals surface area contributed by atoms with Gasteiger partial charge < -0.3 is 9.47 Å². The maximum absolute atomic E-state index is 13.6. The van der Waals surface area contributed by atoms with Gasteiger partial charge in [-0.3, -0.25) is 14.4 Å². The minimum atomic E-state index is -1.58. The molecule has 1 fully saturated rings. The maximum atomic E-state index is 13.6. The van der Waals surface area contributed by atoms with Crippen LogP contribution >= 0.6 is 0 Å². The number of aryl methyl sites for hydroxylation is 1. The third-order valence-electron chi connectivity index (χ3n) is 5.76. The molecule has 1 aromatic carbocycles. The molecule has 5 nitrogen and oxygen atoms in total. The van der Waals surface area contributed by atoms with Crippen molar-refractivity contribution in [3.63, 3.8) is 0 Å². The highest BCUT2D eigenvalue weighted by Crippen LogP contribution is 2.75. The van der Waals surface area contributed by atoms with E-state index in [9.17, 15) is 14.4 Å². The fourth-order valence-electron chi connectivity index (χ4n) is 4.77. The zero-order valence-electron chi connectivity index (χ0n) is 17.1. The normalized spacial score (nSPS) is 23.0. The highest BCUT2D eigenvalue weighted by Gasteiger charge is 2.88. The fourth-order valence-corrected chi connectivity index (χ4v) is 4.77. The number of esters is 2. The van der Waals surface area contributed by atoms with Crippen LogP contribution in [0.5, 0.6) is 0 Å². The summed E-state index contributed by atoms with van der Waals surface area (Å²) >= 11 is 0. The van der Waals surface area contributed by atoms with Crippen LogP contribution in [0.4, 0.5) is 0 Å². The number of carbonyl (C=O) groups excluding carboxylic acids is 3. The van der Waals surface area contributed by atoms with E-state index in [2.05, 4.69) is 0 Å². The van der Waals surface area contributed by atoms with Crippen molar-refractivity contribution in [2.75, 3.05) is 13.2 Å². The van der Waals surface area contributed by atoms with Crippen molar-refractivity contribution in [1.82, 2.24) is 0 Å². The Morgan fingerprint density at radius 3 is 1.81 bits per heavy atom. The predicted molar refractivity (Wildman–Crippen MR) is 102 cm³/mol.